The molecule has 14 nitrogen and oxygen atoms in total. The summed E-state index contributed by atoms with van der Waals surface area (Å²) in [6.45, 7) is 4.27. The number of esters is 1. The third-order valence-corrected chi connectivity index (χ3v) is 5.86. The number of amides is 4. The highest BCUT2D eigenvalue weighted by atomic mass is 32.2. The minimum atomic E-state index is -1.51. The number of aromatic nitrogens is 2. The van der Waals surface area contributed by atoms with Crippen LogP contribution in [0.4, 0.5) is 0 Å². The maximum atomic E-state index is 12.2. The molecular weight excluding hydrogens is 520 g/mol. The van der Waals surface area contributed by atoms with Crippen LogP contribution >= 0.6 is 11.8 Å². The van der Waals surface area contributed by atoms with E-state index in [-0.39, 0.29) is 61.8 Å². The Kier molecular flexibility index (Phi) is 14.7. The van der Waals surface area contributed by atoms with Gasteiger partial charge in [0.2, 0.25) is 23.6 Å². The first-order chi connectivity index (χ1) is 17.9. The van der Waals surface area contributed by atoms with Crippen molar-refractivity contribution in [3.63, 3.8) is 0 Å². The number of nitrogens with one attached hydrogen (secondary N) is 5. The number of carbonyl (C=O) groups is 6. The molecule has 15 heteroatoms. The molecule has 0 unspecified atom stereocenters. The molecule has 0 saturated heterocycles. The second-order valence-electron chi connectivity index (χ2n) is 8.93. The third-order valence-electron chi connectivity index (χ3n) is 4.99. The van der Waals surface area contributed by atoms with Crippen molar-refractivity contribution >= 4 is 46.5 Å². The summed E-state index contributed by atoms with van der Waals surface area (Å²) in [7, 11) is 0. The SMILES string of the molecule is CC(=O)NCC(=O)OCC(C)(C)[C@@H](O)C(=O)NCCC(=O)NCCSC(=O)CC(=O)NCCc1cnc[nH]1. The largest absolute Gasteiger partial charge is 0.464 e. The lowest BCUT2D eigenvalue weighted by Gasteiger charge is -2.29. The lowest BCUT2D eigenvalue weighted by Crippen LogP contribution is -2.47. The van der Waals surface area contributed by atoms with Crippen LogP contribution in [0.3, 0.4) is 0 Å². The molecule has 6 N–H and O–H groups in total. The van der Waals surface area contributed by atoms with Crippen molar-refractivity contribution in [2.75, 3.05) is 38.5 Å². The van der Waals surface area contributed by atoms with Gasteiger partial charge in [0.05, 0.1) is 19.4 Å². The molecule has 1 rings (SSSR count). The van der Waals surface area contributed by atoms with E-state index in [2.05, 4.69) is 31.2 Å². The Bertz CT molecular complexity index is 954. The van der Waals surface area contributed by atoms with E-state index in [0.29, 0.717) is 13.0 Å². The third kappa shape index (κ3) is 14.3. The highest BCUT2D eigenvalue weighted by Gasteiger charge is 2.35. The zero-order valence-corrected chi connectivity index (χ0v) is 22.6. The van der Waals surface area contributed by atoms with E-state index in [4.69, 9.17) is 4.74 Å². The van der Waals surface area contributed by atoms with Crippen LogP contribution in [0.2, 0.25) is 0 Å². The van der Waals surface area contributed by atoms with Gasteiger partial charge in [0.25, 0.3) is 0 Å². The van der Waals surface area contributed by atoms with E-state index in [1.54, 1.807) is 12.5 Å². The fourth-order valence-electron chi connectivity index (χ4n) is 2.79. The van der Waals surface area contributed by atoms with E-state index < -0.39 is 29.3 Å². The molecule has 1 aromatic heterocycles. The van der Waals surface area contributed by atoms with E-state index in [0.717, 1.165) is 17.5 Å². The number of rotatable bonds is 17. The van der Waals surface area contributed by atoms with Crippen molar-refractivity contribution in [1.82, 2.24) is 31.2 Å². The Balaban J connectivity index is 2.15. The Labute approximate surface area is 224 Å². The molecule has 0 spiro atoms. The summed E-state index contributed by atoms with van der Waals surface area (Å²) in [6, 6.07) is 0. The fraction of sp³-hybridized carbons (Fsp3) is 0.609. The topological polar surface area (TPSA) is 209 Å². The first-order valence-electron chi connectivity index (χ1n) is 11.9. The molecule has 0 aromatic carbocycles. The molecule has 0 aliphatic carbocycles. The number of carbonyl (C=O) groups excluding carboxylic acids is 6. The Morgan fingerprint density at radius 3 is 2.42 bits per heavy atom. The molecule has 0 aliphatic rings. The van der Waals surface area contributed by atoms with Gasteiger partial charge < -0.3 is 36.1 Å². The van der Waals surface area contributed by atoms with Gasteiger partial charge in [-0.15, -0.1) is 0 Å². The second-order valence-corrected chi connectivity index (χ2v) is 10.1. The number of aliphatic hydroxyl groups is 1. The molecule has 0 saturated carbocycles. The van der Waals surface area contributed by atoms with Crippen molar-refractivity contribution in [2.45, 2.75) is 46.1 Å². The van der Waals surface area contributed by atoms with E-state index in [9.17, 15) is 33.9 Å². The van der Waals surface area contributed by atoms with Gasteiger partial charge in [-0.05, 0) is 0 Å². The highest BCUT2D eigenvalue weighted by Crippen LogP contribution is 2.21. The van der Waals surface area contributed by atoms with Gasteiger partial charge in [-0.2, -0.15) is 0 Å². The van der Waals surface area contributed by atoms with Crippen LogP contribution in [0, 0.1) is 5.41 Å². The van der Waals surface area contributed by atoms with Crippen LogP contribution in [0.25, 0.3) is 0 Å². The number of aliphatic hydroxyl groups excluding tert-OH is 1. The van der Waals surface area contributed by atoms with Gasteiger partial charge in [0, 0.05) is 62.5 Å². The molecule has 0 bridgehead atoms. The zero-order valence-electron chi connectivity index (χ0n) is 21.8. The fourth-order valence-corrected chi connectivity index (χ4v) is 3.46. The number of aromatic amines is 1. The van der Waals surface area contributed by atoms with Crippen LogP contribution in [0.1, 0.15) is 39.3 Å². The standard InChI is InChI=1S/C23H36N6O8S/c1-15(30)28-12-19(33)37-13-23(2,3)21(35)22(36)27-7-5-17(31)26-8-9-38-20(34)10-18(32)25-6-4-16-11-24-14-29-16/h11,14,21,35H,4-10,12-13H2,1-3H3,(H,24,29)(H,25,32)(H,26,31)(H,27,36)(H,28,30)/t21-/m0/s1. The Morgan fingerprint density at radius 2 is 1.76 bits per heavy atom. The van der Waals surface area contributed by atoms with Crippen LogP contribution in [0.5, 0.6) is 0 Å². The van der Waals surface area contributed by atoms with Crippen molar-refractivity contribution in [2.24, 2.45) is 5.41 Å². The van der Waals surface area contributed by atoms with Gasteiger partial charge in [-0.1, -0.05) is 25.6 Å². The molecule has 0 radical (unpaired) electrons. The summed E-state index contributed by atoms with van der Waals surface area (Å²) in [5, 5.41) is 19.9. The second kappa shape index (κ2) is 17.1. The number of ether oxygens (including phenoxy) is 1. The summed E-state index contributed by atoms with van der Waals surface area (Å²) in [4.78, 5) is 77.0. The molecule has 1 aromatic rings. The van der Waals surface area contributed by atoms with Crippen LogP contribution < -0.4 is 21.3 Å². The van der Waals surface area contributed by atoms with Gasteiger partial charge in [0.15, 0.2) is 5.12 Å². The minimum absolute atomic E-state index is 0.0368. The summed E-state index contributed by atoms with van der Waals surface area (Å²) in [5.74, 6) is -2.29. The average Bonchev–Trinajstić information content (AvgIpc) is 3.37. The number of hydrogen-bond acceptors (Lipinski definition) is 10. The van der Waals surface area contributed by atoms with Crippen molar-refractivity contribution < 1.29 is 38.6 Å². The molecule has 0 aliphatic heterocycles. The molecule has 212 valence electrons. The molecular formula is C23H36N6O8S. The normalized spacial score (nSPS) is 11.7. The van der Waals surface area contributed by atoms with Crippen LogP contribution in [-0.2, 0) is 39.9 Å². The number of imidazole rings is 1. The molecule has 1 atom stereocenters. The molecule has 0 fully saturated rings. The number of H-pyrrole nitrogens is 1. The van der Waals surface area contributed by atoms with E-state index >= 15 is 0 Å². The van der Waals surface area contributed by atoms with Crippen molar-refractivity contribution in [3.8, 4) is 0 Å². The first-order valence-corrected chi connectivity index (χ1v) is 12.9. The summed E-state index contributed by atoms with van der Waals surface area (Å²) in [5.41, 5.74) is -0.237. The number of nitrogens with zero attached hydrogens (tertiary/aromatic N) is 1. The Hall–Kier alpha value is -3.46. The summed E-state index contributed by atoms with van der Waals surface area (Å²) >= 11 is 0.934. The summed E-state index contributed by atoms with van der Waals surface area (Å²) in [6.07, 6.45) is 1.95. The minimum Gasteiger partial charge on any atom is -0.464 e. The van der Waals surface area contributed by atoms with Gasteiger partial charge in [0.1, 0.15) is 12.6 Å². The van der Waals surface area contributed by atoms with Crippen molar-refractivity contribution in [3.05, 3.63) is 18.2 Å². The van der Waals surface area contributed by atoms with Gasteiger partial charge >= 0.3 is 5.97 Å². The highest BCUT2D eigenvalue weighted by molar-refractivity contribution is 8.13. The maximum Gasteiger partial charge on any atom is 0.325 e. The predicted octanol–water partition coefficient (Wildman–Crippen LogP) is -1.59. The molecule has 38 heavy (non-hydrogen) atoms. The lowest BCUT2D eigenvalue weighted by atomic mass is 9.87. The average molecular weight is 557 g/mol. The lowest BCUT2D eigenvalue weighted by molar-refractivity contribution is -0.153. The van der Waals surface area contributed by atoms with Gasteiger partial charge in [-0.3, -0.25) is 28.8 Å². The quantitative estimate of drug-likeness (QED) is 0.0736. The van der Waals surface area contributed by atoms with E-state index in [1.807, 2.05) is 0 Å². The van der Waals surface area contributed by atoms with Crippen molar-refractivity contribution in [1.29, 1.82) is 0 Å². The monoisotopic (exact) mass is 556 g/mol. The number of hydrogen-bond donors (Lipinski definition) is 6. The number of thioether (sulfide) groups is 1. The Morgan fingerprint density at radius 1 is 1.05 bits per heavy atom. The summed E-state index contributed by atoms with van der Waals surface area (Å²) < 4.78 is 4.99. The smallest absolute Gasteiger partial charge is 0.325 e. The van der Waals surface area contributed by atoms with Crippen LogP contribution in [-0.4, -0.2) is 94.4 Å². The molecule has 1 heterocycles. The van der Waals surface area contributed by atoms with Gasteiger partial charge in [-0.25, -0.2) is 4.98 Å². The van der Waals surface area contributed by atoms with E-state index in [1.165, 1.54) is 20.8 Å². The maximum absolute atomic E-state index is 12.2. The predicted molar refractivity (Wildman–Crippen MR) is 137 cm³/mol. The molecule has 4 amide bonds. The van der Waals surface area contributed by atoms with Crippen LogP contribution in [0.15, 0.2) is 12.5 Å². The first kappa shape index (κ1) is 32.6. The zero-order chi connectivity index (χ0) is 28.6.